The first-order valence-electron chi connectivity index (χ1n) is 8.08. The van der Waals surface area contributed by atoms with Crippen molar-refractivity contribution in [3.63, 3.8) is 0 Å². The summed E-state index contributed by atoms with van der Waals surface area (Å²) in [6, 6.07) is 6.91. The molecule has 0 spiro atoms. The first kappa shape index (κ1) is 14.2. The fourth-order valence-corrected chi connectivity index (χ4v) is 3.17. The molecule has 1 saturated heterocycles. The van der Waals surface area contributed by atoms with Crippen LogP contribution in [0.1, 0.15) is 0 Å². The second-order valence-corrected chi connectivity index (χ2v) is 5.90. The first-order chi connectivity index (χ1) is 12.3. The Kier molecular flexibility index (Phi) is 3.10. The van der Waals surface area contributed by atoms with E-state index in [2.05, 4.69) is 20.0 Å². The summed E-state index contributed by atoms with van der Waals surface area (Å²) in [6.07, 6.45) is 3.43. The molecule has 0 bridgehead atoms. The summed E-state index contributed by atoms with van der Waals surface area (Å²) >= 11 is 0. The lowest BCUT2D eigenvalue weighted by atomic mass is 10.2. The van der Waals surface area contributed by atoms with Crippen LogP contribution in [0.4, 0.5) is 5.82 Å². The number of rotatable bonds is 2. The maximum absolute atomic E-state index is 11.6. The number of furan rings is 1. The number of aromatic nitrogens is 4. The number of pyridine rings is 1. The summed E-state index contributed by atoms with van der Waals surface area (Å²) < 4.78 is 13.1. The quantitative estimate of drug-likeness (QED) is 0.598. The highest BCUT2D eigenvalue weighted by Gasteiger charge is 2.19. The van der Waals surface area contributed by atoms with Crippen LogP contribution in [0.15, 0.2) is 45.9 Å². The fraction of sp³-hybridized carbons (Fsp3) is 0.235. The molecule has 8 heteroatoms. The Bertz CT molecular complexity index is 1120. The van der Waals surface area contributed by atoms with Crippen molar-refractivity contribution in [2.45, 2.75) is 0 Å². The van der Waals surface area contributed by atoms with Gasteiger partial charge in [0.15, 0.2) is 11.4 Å². The summed E-state index contributed by atoms with van der Waals surface area (Å²) in [4.78, 5) is 22.7. The number of nitrogens with zero attached hydrogens (tertiary/aromatic N) is 4. The molecule has 25 heavy (non-hydrogen) atoms. The molecule has 0 aliphatic carbocycles. The van der Waals surface area contributed by atoms with Gasteiger partial charge in [-0.05, 0) is 18.2 Å². The third-order valence-corrected chi connectivity index (χ3v) is 4.38. The number of nitrogens with one attached hydrogen (secondary N) is 1. The van der Waals surface area contributed by atoms with Crippen molar-refractivity contribution in [1.82, 2.24) is 19.6 Å². The van der Waals surface area contributed by atoms with Crippen molar-refractivity contribution in [3.8, 4) is 11.5 Å². The molecule has 0 radical (unpaired) electrons. The van der Waals surface area contributed by atoms with E-state index in [1.54, 1.807) is 23.0 Å². The van der Waals surface area contributed by atoms with Crippen molar-refractivity contribution in [2.24, 2.45) is 0 Å². The van der Waals surface area contributed by atoms with Gasteiger partial charge in [0.2, 0.25) is 0 Å². The highest BCUT2D eigenvalue weighted by atomic mass is 16.5. The van der Waals surface area contributed by atoms with Crippen LogP contribution < -0.4 is 10.5 Å². The SMILES string of the molecule is O=c1ccc2ncc(-c3cc4c(N5CCOCC5)nccc4o3)n2[nH]1. The Labute approximate surface area is 141 Å². The van der Waals surface area contributed by atoms with E-state index in [1.807, 2.05) is 12.1 Å². The topological polar surface area (TPSA) is 88.7 Å². The van der Waals surface area contributed by atoms with E-state index in [0.717, 1.165) is 29.9 Å². The van der Waals surface area contributed by atoms with E-state index in [0.29, 0.717) is 30.3 Å². The number of morpholine rings is 1. The van der Waals surface area contributed by atoms with Crippen LogP contribution in [-0.4, -0.2) is 45.9 Å². The summed E-state index contributed by atoms with van der Waals surface area (Å²) in [5.41, 5.74) is 1.90. The van der Waals surface area contributed by atoms with Gasteiger partial charge < -0.3 is 14.1 Å². The van der Waals surface area contributed by atoms with Crippen molar-refractivity contribution in [2.75, 3.05) is 31.2 Å². The van der Waals surface area contributed by atoms with Crippen LogP contribution >= 0.6 is 0 Å². The molecule has 4 aromatic heterocycles. The second kappa shape index (κ2) is 5.45. The highest BCUT2D eigenvalue weighted by Crippen LogP contribution is 2.32. The average Bonchev–Trinajstić information content (AvgIpc) is 3.25. The number of anilines is 1. The Morgan fingerprint density at radius 1 is 1.12 bits per heavy atom. The lowest BCUT2D eigenvalue weighted by Crippen LogP contribution is -2.36. The minimum Gasteiger partial charge on any atom is -0.454 e. The van der Waals surface area contributed by atoms with Gasteiger partial charge in [0.1, 0.15) is 17.1 Å². The molecule has 5 heterocycles. The number of ether oxygens (including phenoxy) is 1. The van der Waals surface area contributed by atoms with Gasteiger partial charge in [-0.2, -0.15) is 0 Å². The Hall–Kier alpha value is -3.13. The van der Waals surface area contributed by atoms with Crippen LogP contribution in [0.5, 0.6) is 0 Å². The lowest BCUT2D eigenvalue weighted by Gasteiger charge is -2.28. The minimum atomic E-state index is -0.196. The first-order valence-corrected chi connectivity index (χ1v) is 8.08. The van der Waals surface area contributed by atoms with Gasteiger partial charge in [-0.3, -0.25) is 9.89 Å². The lowest BCUT2D eigenvalue weighted by molar-refractivity contribution is 0.122. The fourth-order valence-electron chi connectivity index (χ4n) is 3.17. The summed E-state index contributed by atoms with van der Waals surface area (Å²) in [6.45, 7) is 2.99. The minimum absolute atomic E-state index is 0.196. The maximum Gasteiger partial charge on any atom is 0.263 e. The van der Waals surface area contributed by atoms with Crippen LogP contribution in [0.25, 0.3) is 28.1 Å². The van der Waals surface area contributed by atoms with Gasteiger partial charge in [0, 0.05) is 25.4 Å². The second-order valence-electron chi connectivity index (χ2n) is 5.90. The average molecular weight is 337 g/mol. The number of fused-ring (bicyclic) bond motifs is 2. The molecule has 126 valence electrons. The third-order valence-electron chi connectivity index (χ3n) is 4.38. The van der Waals surface area contributed by atoms with Crippen LogP contribution in [-0.2, 0) is 4.74 Å². The Morgan fingerprint density at radius 3 is 2.88 bits per heavy atom. The predicted molar refractivity (Wildman–Crippen MR) is 91.8 cm³/mol. The van der Waals surface area contributed by atoms with E-state index < -0.39 is 0 Å². The van der Waals surface area contributed by atoms with E-state index in [4.69, 9.17) is 9.15 Å². The van der Waals surface area contributed by atoms with Crippen LogP contribution in [0, 0.1) is 0 Å². The molecule has 1 N–H and O–H groups in total. The largest absolute Gasteiger partial charge is 0.454 e. The molecule has 0 atom stereocenters. The molecule has 5 rings (SSSR count). The third kappa shape index (κ3) is 2.30. The Morgan fingerprint density at radius 2 is 2.00 bits per heavy atom. The number of aromatic amines is 1. The smallest absolute Gasteiger partial charge is 0.263 e. The maximum atomic E-state index is 11.6. The zero-order chi connectivity index (χ0) is 16.8. The molecule has 8 nitrogen and oxygen atoms in total. The summed E-state index contributed by atoms with van der Waals surface area (Å²) in [5.74, 6) is 1.52. The van der Waals surface area contributed by atoms with E-state index >= 15 is 0 Å². The molecule has 1 aliphatic heterocycles. The summed E-state index contributed by atoms with van der Waals surface area (Å²) in [7, 11) is 0. The van der Waals surface area contributed by atoms with Crippen molar-refractivity contribution in [1.29, 1.82) is 0 Å². The Balaban J connectivity index is 1.67. The molecule has 0 saturated carbocycles. The standard InChI is InChI=1S/C17H15N5O3/c23-16-2-1-15-19-10-12(22(15)20-16)14-9-11-13(25-14)3-4-18-17(11)21-5-7-24-8-6-21/h1-4,9-10H,5-8H2,(H,20,23). The normalized spacial score (nSPS) is 15.3. The van der Waals surface area contributed by atoms with Crippen molar-refractivity contribution >= 4 is 22.4 Å². The predicted octanol–water partition coefficient (Wildman–Crippen LogP) is 1.67. The molecular weight excluding hydrogens is 322 g/mol. The molecule has 1 aliphatic rings. The van der Waals surface area contributed by atoms with Crippen LogP contribution in [0.3, 0.4) is 0 Å². The molecule has 1 fully saturated rings. The molecule has 0 unspecified atom stereocenters. The van der Waals surface area contributed by atoms with Crippen LogP contribution in [0.2, 0.25) is 0 Å². The molecule has 0 aromatic carbocycles. The molecular formula is C17H15N5O3. The van der Waals surface area contributed by atoms with Gasteiger partial charge in [-0.1, -0.05) is 0 Å². The van der Waals surface area contributed by atoms with Crippen molar-refractivity contribution < 1.29 is 9.15 Å². The number of H-pyrrole nitrogens is 1. The van der Waals surface area contributed by atoms with Gasteiger partial charge in [0.25, 0.3) is 5.56 Å². The molecule has 0 amide bonds. The van der Waals surface area contributed by atoms with Gasteiger partial charge >= 0.3 is 0 Å². The van der Waals surface area contributed by atoms with E-state index in [9.17, 15) is 4.79 Å². The van der Waals surface area contributed by atoms with Gasteiger partial charge in [0.05, 0.1) is 24.8 Å². The van der Waals surface area contributed by atoms with Gasteiger partial charge in [-0.15, -0.1) is 0 Å². The molecule has 4 aromatic rings. The van der Waals surface area contributed by atoms with Crippen molar-refractivity contribution in [3.05, 3.63) is 47.0 Å². The van der Waals surface area contributed by atoms with E-state index in [-0.39, 0.29) is 5.56 Å². The zero-order valence-corrected chi connectivity index (χ0v) is 13.3. The summed E-state index contributed by atoms with van der Waals surface area (Å²) in [5, 5.41) is 3.69. The van der Waals surface area contributed by atoms with E-state index in [1.165, 1.54) is 6.07 Å². The number of hydrogen-bond donors (Lipinski definition) is 1. The van der Waals surface area contributed by atoms with Gasteiger partial charge in [-0.25, -0.2) is 14.5 Å². The monoisotopic (exact) mass is 337 g/mol. The number of imidazole rings is 1. The number of hydrogen-bond acceptors (Lipinski definition) is 6. The highest BCUT2D eigenvalue weighted by molar-refractivity contribution is 5.91. The zero-order valence-electron chi connectivity index (χ0n) is 13.3.